The molecular formula is C29H34O7. The number of benzene rings is 1. The number of hydrogen-bond acceptors (Lipinski definition) is 7. The minimum Gasteiger partial charge on any atom is -0.458 e. The lowest BCUT2D eigenvalue weighted by atomic mass is 9.80. The number of esters is 2. The van der Waals surface area contributed by atoms with E-state index in [1.165, 1.54) is 13.0 Å². The first kappa shape index (κ1) is 26.0. The van der Waals surface area contributed by atoms with Crippen molar-refractivity contribution in [3.63, 3.8) is 0 Å². The minimum absolute atomic E-state index is 0.0156. The summed E-state index contributed by atoms with van der Waals surface area (Å²) < 4.78 is 11.7. The van der Waals surface area contributed by atoms with Crippen molar-refractivity contribution in [1.29, 1.82) is 0 Å². The van der Waals surface area contributed by atoms with Gasteiger partial charge in [0.05, 0.1) is 18.1 Å². The van der Waals surface area contributed by atoms with Gasteiger partial charge in [-0.25, -0.2) is 4.79 Å². The van der Waals surface area contributed by atoms with Crippen molar-refractivity contribution < 1.29 is 33.8 Å². The fraction of sp³-hybridized carbons (Fsp3) is 0.517. The van der Waals surface area contributed by atoms with E-state index in [-0.39, 0.29) is 53.1 Å². The fourth-order valence-electron chi connectivity index (χ4n) is 6.16. The van der Waals surface area contributed by atoms with Gasteiger partial charge in [0, 0.05) is 25.3 Å². The van der Waals surface area contributed by atoms with Crippen LogP contribution in [0.1, 0.15) is 57.8 Å². The minimum atomic E-state index is -1.66. The zero-order valence-corrected chi connectivity index (χ0v) is 21.4. The van der Waals surface area contributed by atoms with Crippen molar-refractivity contribution in [3.8, 4) is 0 Å². The van der Waals surface area contributed by atoms with Gasteiger partial charge >= 0.3 is 11.9 Å². The number of ether oxygens (including phenoxy) is 2. The van der Waals surface area contributed by atoms with Gasteiger partial charge in [-0.3, -0.25) is 14.4 Å². The van der Waals surface area contributed by atoms with Crippen molar-refractivity contribution in [2.24, 2.45) is 29.1 Å². The smallest absolute Gasteiger partial charge is 0.338 e. The Morgan fingerprint density at radius 2 is 1.75 bits per heavy atom. The van der Waals surface area contributed by atoms with Crippen molar-refractivity contribution in [1.82, 2.24) is 0 Å². The lowest BCUT2D eigenvalue weighted by Gasteiger charge is -2.34. The predicted octanol–water partition coefficient (Wildman–Crippen LogP) is 3.85. The zero-order valence-electron chi connectivity index (χ0n) is 21.4. The molecule has 6 atom stereocenters. The van der Waals surface area contributed by atoms with Gasteiger partial charge in [0.1, 0.15) is 6.10 Å². The highest BCUT2D eigenvalue weighted by molar-refractivity contribution is 6.04. The van der Waals surface area contributed by atoms with Gasteiger partial charge < -0.3 is 14.6 Å². The summed E-state index contributed by atoms with van der Waals surface area (Å²) >= 11 is 0. The molecule has 1 aromatic rings. The Bertz CT molecular complexity index is 1150. The highest BCUT2D eigenvalue weighted by Gasteiger charge is 2.62. The first-order chi connectivity index (χ1) is 16.9. The lowest BCUT2D eigenvalue weighted by Crippen LogP contribution is -2.49. The molecule has 0 aliphatic heterocycles. The Labute approximate surface area is 211 Å². The van der Waals surface area contributed by atoms with Gasteiger partial charge in [-0.2, -0.15) is 0 Å². The molecule has 36 heavy (non-hydrogen) atoms. The van der Waals surface area contributed by atoms with E-state index in [4.69, 9.17) is 9.47 Å². The van der Waals surface area contributed by atoms with E-state index < -0.39 is 36.2 Å². The molecule has 0 aromatic heterocycles. The van der Waals surface area contributed by atoms with Gasteiger partial charge in [0.25, 0.3) is 0 Å². The van der Waals surface area contributed by atoms with Crippen molar-refractivity contribution in [3.05, 3.63) is 59.2 Å². The van der Waals surface area contributed by atoms with Crippen LogP contribution in [-0.4, -0.2) is 46.9 Å². The maximum absolute atomic E-state index is 14.1. The molecule has 7 nitrogen and oxygen atoms in total. The summed E-state index contributed by atoms with van der Waals surface area (Å²) in [6.07, 6.45) is 2.91. The van der Waals surface area contributed by atoms with Crippen LogP contribution in [-0.2, 0) is 23.9 Å². The van der Waals surface area contributed by atoms with Crippen LogP contribution in [0.4, 0.5) is 0 Å². The monoisotopic (exact) mass is 494 g/mol. The zero-order chi connectivity index (χ0) is 26.4. The van der Waals surface area contributed by atoms with Crippen LogP contribution in [0.25, 0.3) is 0 Å². The molecule has 0 bridgehead atoms. The average molecular weight is 495 g/mol. The summed E-state index contributed by atoms with van der Waals surface area (Å²) in [5.74, 6) is -3.05. The van der Waals surface area contributed by atoms with E-state index in [1.54, 1.807) is 37.3 Å². The Morgan fingerprint density at radius 3 is 2.36 bits per heavy atom. The predicted molar refractivity (Wildman–Crippen MR) is 132 cm³/mol. The maximum Gasteiger partial charge on any atom is 0.338 e. The molecule has 3 aliphatic carbocycles. The largest absolute Gasteiger partial charge is 0.458 e. The molecule has 2 fully saturated rings. The van der Waals surface area contributed by atoms with Gasteiger partial charge in [-0.15, -0.1) is 0 Å². The molecule has 0 amide bonds. The van der Waals surface area contributed by atoms with Gasteiger partial charge in [0.15, 0.2) is 11.4 Å². The third-order valence-corrected chi connectivity index (χ3v) is 8.28. The molecule has 2 saturated carbocycles. The molecule has 3 aliphatic rings. The molecule has 4 rings (SSSR count). The first-order valence-electron chi connectivity index (χ1n) is 12.5. The first-order valence-corrected chi connectivity index (χ1v) is 12.5. The fourth-order valence-corrected chi connectivity index (χ4v) is 6.16. The van der Waals surface area contributed by atoms with Crippen LogP contribution in [0.2, 0.25) is 0 Å². The summed E-state index contributed by atoms with van der Waals surface area (Å²) in [4.78, 5) is 52.6. The third kappa shape index (κ3) is 4.45. The molecule has 0 saturated heterocycles. The van der Waals surface area contributed by atoms with E-state index in [0.29, 0.717) is 11.1 Å². The second-order valence-electron chi connectivity index (χ2n) is 11.0. The number of allylic oxidation sites excluding steroid dienone is 1. The van der Waals surface area contributed by atoms with Gasteiger partial charge in [0.2, 0.25) is 5.78 Å². The quantitative estimate of drug-likeness (QED) is 0.634. The number of ketones is 2. The van der Waals surface area contributed by atoms with Crippen LogP contribution in [0.15, 0.2) is 53.6 Å². The van der Waals surface area contributed by atoms with Crippen LogP contribution in [0.5, 0.6) is 0 Å². The van der Waals surface area contributed by atoms with Gasteiger partial charge in [-0.1, -0.05) is 51.1 Å². The number of carbonyl (C=O) groups is 4. The SMILES string of the molecule is CC(=O)O[C@]12C[C@H](C)[C@H](OC(=O)c3ccccc3)[C@@H]1/C=C(\CO)C(=O)C[C@H]1[C@@H](/C=C(\C)C2=O)C1(C)C. The van der Waals surface area contributed by atoms with Crippen molar-refractivity contribution in [2.45, 2.75) is 59.2 Å². The molecule has 0 heterocycles. The van der Waals surface area contributed by atoms with Crippen LogP contribution in [0, 0.1) is 29.1 Å². The number of Topliss-reactive ketones (excluding diaryl/α,β-unsaturated/α-hetero) is 2. The van der Waals surface area contributed by atoms with E-state index in [0.717, 1.165) is 0 Å². The third-order valence-electron chi connectivity index (χ3n) is 8.28. The van der Waals surface area contributed by atoms with Crippen LogP contribution < -0.4 is 0 Å². The van der Waals surface area contributed by atoms with E-state index in [1.807, 2.05) is 13.0 Å². The second-order valence-corrected chi connectivity index (χ2v) is 11.0. The van der Waals surface area contributed by atoms with E-state index in [2.05, 4.69) is 13.8 Å². The summed E-state index contributed by atoms with van der Waals surface area (Å²) in [5.41, 5.74) is -0.884. The Balaban J connectivity index is 1.84. The van der Waals surface area contributed by atoms with E-state index in [9.17, 15) is 24.3 Å². The highest BCUT2D eigenvalue weighted by atomic mass is 16.6. The summed E-state index contributed by atoms with van der Waals surface area (Å²) in [6.45, 7) is 8.35. The van der Waals surface area contributed by atoms with Gasteiger partial charge in [-0.05, 0) is 47.8 Å². The molecule has 1 N–H and O–H groups in total. The average Bonchev–Trinajstić information content (AvgIpc) is 3.21. The Kier molecular flexibility index (Phi) is 6.82. The number of hydrogen-bond donors (Lipinski definition) is 1. The maximum atomic E-state index is 14.1. The number of fused-ring (bicyclic) bond motifs is 2. The number of carbonyl (C=O) groups excluding carboxylic acids is 4. The molecule has 192 valence electrons. The lowest BCUT2D eigenvalue weighted by molar-refractivity contribution is -0.168. The molecule has 0 radical (unpaired) electrons. The van der Waals surface area contributed by atoms with Crippen molar-refractivity contribution in [2.75, 3.05) is 6.61 Å². The summed E-state index contributed by atoms with van der Waals surface area (Å²) in [6, 6.07) is 8.48. The number of aliphatic hydroxyl groups is 1. The Morgan fingerprint density at radius 1 is 1.08 bits per heavy atom. The molecule has 0 unspecified atom stereocenters. The number of rotatable bonds is 4. The van der Waals surface area contributed by atoms with Crippen LogP contribution in [0.3, 0.4) is 0 Å². The van der Waals surface area contributed by atoms with Crippen molar-refractivity contribution >= 4 is 23.5 Å². The normalized spacial score (nSPS) is 36.2. The molecule has 7 heteroatoms. The van der Waals surface area contributed by atoms with E-state index >= 15 is 0 Å². The second kappa shape index (κ2) is 9.43. The molecular weight excluding hydrogens is 460 g/mol. The standard InChI is InChI=1S/C29H34O7/c1-16-11-21-22(28(21,4)5)13-24(32)20(15-30)12-23-25(35-27(34)19-9-7-6-8-10-19)17(2)14-29(23,26(16)33)36-18(3)31/h6-12,17,21-23,25,30H,13-15H2,1-5H3/b16-11+,20-12+/t17-,21+,22-,23-,25-,29+/m0/s1. The summed E-state index contributed by atoms with van der Waals surface area (Å²) in [7, 11) is 0. The molecule has 1 aromatic carbocycles. The topological polar surface area (TPSA) is 107 Å². The molecule has 0 spiro atoms. The summed E-state index contributed by atoms with van der Waals surface area (Å²) in [5, 5.41) is 10.2. The van der Waals surface area contributed by atoms with Crippen LogP contribution >= 0.6 is 0 Å². The Hall–Kier alpha value is -3.06. The number of aliphatic hydroxyl groups excluding tert-OH is 1. The highest BCUT2D eigenvalue weighted by Crippen LogP contribution is 2.61.